The van der Waals surface area contributed by atoms with Crippen LogP contribution in [0, 0.1) is 0 Å². The molecule has 0 saturated carbocycles. The van der Waals surface area contributed by atoms with Crippen molar-refractivity contribution in [3.05, 3.63) is 12.7 Å². The van der Waals surface area contributed by atoms with Crippen molar-refractivity contribution < 1.29 is 18.8 Å². The summed E-state index contributed by atoms with van der Waals surface area (Å²) in [7, 11) is -0.504. The van der Waals surface area contributed by atoms with E-state index in [1.165, 1.54) is 51.0 Å². The number of unbranched alkanes of at least 4 members (excludes halogenated alkanes) is 9. The highest BCUT2D eigenvalue weighted by Crippen LogP contribution is 2.18. The van der Waals surface area contributed by atoms with E-state index in [1.54, 1.807) is 7.11 Å². The molecule has 0 fully saturated rings. The Morgan fingerprint density at radius 3 is 1.91 bits per heavy atom. The van der Waals surface area contributed by atoms with E-state index in [4.69, 9.17) is 14.0 Å². The molecule has 0 radical (unpaired) electrons. The average Bonchev–Trinajstić information content (AvgIpc) is 2.57. The molecule has 1 N–H and O–H groups in total. The van der Waals surface area contributed by atoms with Crippen LogP contribution in [0.4, 0.5) is 0 Å². The van der Waals surface area contributed by atoms with Gasteiger partial charge in [0.1, 0.15) is 0 Å². The molecular formula is C18H36O4Si. The third kappa shape index (κ3) is 13.6. The molecule has 0 aromatic carbocycles. The molecule has 0 aromatic heterocycles. The fourth-order valence-corrected chi connectivity index (χ4v) is 4.29. The summed E-state index contributed by atoms with van der Waals surface area (Å²) in [5.74, 6) is -0.0836. The first-order valence-electron chi connectivity index (χ1n) is 9.03. The van der Waals surface area contributed by atoms with E-state index >= 15 is 0 Å². The van der Waals surface area contributed by atoms with Crippen LogP contribution in [-0.4, -0.2) is 39.8 Å². The summed E-state index contributed by atoms with van der Waals surface area (Å²) < 4.78 is 11.2. The molecule has 0 amide bonds. The van der Waals surface area contributed by atoms with Gasteiger partial charge in [-0.2, -0.15) is 0 Å². The highest BCUT2D eigenvalue weighted by molar-refractivity contribution is 6.66. The van der Waals surface area contributed by atoms with Crippen LogP contribution in [0.25, 0.3) is 0 Å². The highest BCUT2D eigenvalue weighted by atomic mass is 28.4. The third-order valence-electron chi connectivity index (χ3n) is 4.22. The minimum absolute atomic E-state index is 0.0836. The first-order chi connectivity index (χ1) is 11.1. The van der Waals surface area contributed by atoms with E-state index in [1.807, 2.05) is 6.55 Å². The van der Waals surface area contributed by atoms with Crippen LogP contribution in [0.1, 0.15) is 64.2 Å². The van der Waals surface area contributed by atoms with Crippen LogP contribution in [0.15, 0.2) is 12.7 Å². The molecule has 0 rings (SSSR count). The van der Waals surface area contributed by atoms with Gasteiger partial charge in [-0.05, 0) is 25.1 Å². The molecule has 4 nitrogen and oxygen atoms in total. The van der Waals surface area contributed by atoms with Crippen LogP contribution < -0.4 is 0 Å². The van der Waals surface area contributed by atoms with Crippen molar-refractivity contribution in [3.63, 3.8) is 0 Å². The number of aliphatic hydroxyl groups is 1. The zero-order valence-corrected chi connectivity index (χ0v) is 16.1. The van der Waals surface area contributed by atoms with Crippen molar-refractivity contribution in [1.29, 1.82) is 0 Å². The fourth-order valence-electron chi connectivity index (χ4n) is 2.49. The summed E-state index contributed by atoms with van der Waals surface area (Å²) in [6.45, 7) is 5.90. The summed E-state index contributed by atoms with van der Waals surface area (Å²) in [4.78, 5) is 11.2. The monoisotopic (exact) mass is 344 g/mol. The zero-order valence-electron chi connectivity index (χ0n) is 15.1. The SMILES string of the molecule is C=CC(=O)CO[Si](C)(CCCCCCCCCCCCO)OC. The molecular weight excluding hydrogens is 308 g/mol. The Morgan fingerprint density at radius 2 is 1.48 bits per heavy atom. The van der Waals surface area contributed by atoms with Gasteiger partial charge in [-0.3, -0.25) is 4.79 Å². The number of aliphatic hydroxyl groups excluding tert-OH is 1. The lowest BCUT2D eigenvalue weighted by atomic mass is 10.1. The maximum Gasteiger partial charge on any atom is 0.335 e. The van der Waals surface area contributed by atoms with E-state index < -0.39 is 8.56 Å². The largest absolute Gasteiger partial charge is 0.398 e. The van der Waals surface area contributed by atoms with E-state index in [0.29, 0.717) is 6.61 Å². The third-order valence-corrected chi connectivity index (χ3v) is 7.10. The fraction of sp³-hybridized carbons (Fsp3) is 0.833. The van der Waals surface area contributed by atoms with Crippen LogP contribution in [0.5, 0.6) is 0 Å². The van der Waals surface area contributed by atoms with Crippen LogP contribution in [0.3, 0.4) is 0 Å². The van der Waals surface area contributed by atoms with Gasteiger partial charge in [-0.1, -0.05) is 64.4 Å². The van der Waals surface area contributed by atoms with Gasteiger partial charge in [0.15, 0.2) is 5.78 Å². The Bertz CT molecular complexity index is 309. The van der Waals surface area contributed by atoms with Crippen molar-refractivity contribution >= 4 is 14.3 Å². The van der Waals surface area contributed by atoms with Gasteiger partial charge in [0.25, 0.3) is 0 Å². The number of rotatable bonds is 17. The summed E-state index contributed by atoms with van der Waals surface area (Å²) in [5.41, 5.74) is 0. The molecule has 0 heterocycles. The maximum absolute atomic E-state index is 11.2. The quantitative estimate of drug-likeness (QED) is 0.242. The second-order valence-corrected chi connectivity index (χ2v) is 9.77. The van der Waals surface area contributed by atoms with Gasteiger partial charge in [-0.25, -0.2) is 0 Å². The minimum Gasteiger partial charge on any atom is -0.398 e. The molecule has 0 saturated heterocycles. The Labute approximate surface area is 143 Å². The molecule has 23 heavy (non-hydrogen) atoms. The number of carbonyl (C=O) groups excluding carboxylic acids is 1. The lowest BCUT2D eigenvalue weighted by Gasteiger charge is -2.24. The Hall–Kier alpha value is -0.493. The van der Waals surface area contributed by atoms with Gasteiger partial charge in [-0.15, -0.1) is 0 Å². The van der Waals surface area contributed by atoms with Gasteiger partial charge < -0.3 is 14.0 Å². The number of ketones is 1. The van der Waals surface area contributed by atoms with E-state index in [9.17, 15) is 4.79 Å². The van der Waals surface area contributed by atoms with Crippen LogP contribution >= 0.6 is 0 Å². The Balaban J connectivity index is 3.53. The summed E-state index contributed by atoms with van der Waals surface area (Å²) >= 11 is 0. The molecule has 5 heteroatoms. The van der Waals surface area contributed by atoms with Crippen molar-refractivity contribution in [2.75, 3.05) is 20.3 Å². The second-order valence-electron chi connectivity index (χ2n) is 6.31. The standard InChI is InChI=1S/C18H36O4Si/c1-4-18(20)17-22-23(3,21-2)16-14-12-10-8-6-5-7-9-11-13-15-19/h4,19H,1,5-17H2,2-3H3. The summed E-state index contributed by atoms with van der Waals surface area (Å²) in [5, 5.41) is 8.70. The van der Waals surface area contributed by atoms with E-state index in [2.05, 4.69) is 6.58 Å². The van der Waals surface area contributed by atoms with E-state index in [0.717, 1.165) is 25.3 Å². The number of hydrogen-bond acceptors (Lipinski definition) is 4. The number of hydrogen-bond donors (Lipinski definition) is 1. The van der Waals surface area contributed by atoms with Crippen molar-refractivity contribution in [2.45, 2.75) is 76.8 Å². The smallest absolute Gasteiger partial charge is 0.335 e. The number of carbonyl (C=O) groups is 1. The van der Waals surface area contributed by atoms with Crippen LogP contribution in [-0.2, 0) is 13.6 Å². The first kappa shape index (κ1) is 22.5. The molecule has 1 atom stereocenters. The Morgan fingerprint density at radius 1 is 1.00 bits per heavy atom. The summed E-state index contributed by atoms with van der Waals surface area (Å²) in [6.07, 6.45) is 13.4. The van der Waals surface area contributed by atoms with Crippen molar-refractivity contribution in [2.24, 2.45) is 0 Å². The first-order valence-corrected chi connectivity index (χ1v) is 11.6. The topological polar surface area (TPSA) is 55.8 Å². The molecule has 0 bridgehead atoms. The molecule has 0 aliphatic rings. The molecule has 0 aliphatic carbocycles. The van der Waals surface area contributed by atoms with Crippen molar-refractivity contribution in [3.8, 4) is 0 Å². The lowest BCUT2D eigenvalue weighted by Crippen LogP contribution is -2.38. The summed E-state index contributed by atoms with van der Waals surface area (Å²) in [6, 6.07) is 0.940. The van der Waals surface area contributed by atoms with Crippen LogP contribution in [0.2, 0.25) is 12.6 Å². The highest BCUT2D eigenvalue weighted by Gasteiger charge is 2.29. The minimum atomic E-state index is -2.19. The lowest BCUT2D eigenvalue weighted by molar-refractivity contribution is -0.117. The normalized spacial score (nSPS) is 13.7. The van der Waals surface area contributed by atoms with Crippen molar-refractivity contribution in [1.82, 2.24) is 0 Å². The maximum atomic E-state index is 11.2. The molecule has 0 aliphatic heterocycles. The average molecular weight is 345 g/mol. The van der Waals surface area contributed by atoms with E-state index in [-0.39, 0.29) is 12.4 Å². The molecule has 0 aromatic rings. The molecule has 1 unspecified atom stereocenters. The van der Waals surface area contributed by atoms with Gasteiger partial charge >= 0.3 is 8.56 Å². The van der Waals surface area contributed by atoms with Gasteiger partial charge in [0, 0.05) is 13.7 Å². The molecule has 136 valence electrons. The predicted octanol–water partition coefficient (Wildman–Crippen LogP) is 4.37. The second kappa shape index (κ2) is 15.1. The van der Waals surface area contributed by atoms with Gasteiger partial charge in [0.2, 0.25) is 0 Å². The predicted molar refractivity (Wildman–Crippen MR) is 97.8 cm³/mol. The zero-order chi connectivity index (χ0) is 17.4. The van der Waals surface area contributed by atoms with Gasteiger partial charge in [0.05, 0.1) is 6.61 Å². The Kier molecular flexibility index (Phi) is 14.7. The molecule has 0 spiro atoms.